The van der Waals surface area contributed by atoms with Crippen molar-refractivity contribution in [1.82, 2.24) is 5.32 Å². The number of nitrogens with one attached hydrogen (secondary N) is 1. The zero-order valence-electron chi connectivity index (χ0n) is 13.1. The predicted molar refractivity (Wildman–Crippen MR) is 80.0 cm³/mol. The number of rotatable bonds is 10. The Balaban J connectivity index is 4.33. The molecule has 0 aliphatic rings. The average Bonchev–Trinajstić information content (AvgIpc) is 2.37. The van der Waals surface area contributed by atoms with E-state index in [4.69, 9.17) is 14.6 Å². The Labute approximate surface area is 125 Å². The highest BCUT2D eigenvalue weighted by molar-refractivity contribution is 5.90. The fraction of sp³-hybridized carbons (Fsp3) is 0.600. The van der Waals surface area contributed by atoms with E-state index in [1.54, 1.807) is 0 Å². The molecule has 0 saturated heterocycles. The largest absolute Gasteiger partial charge is 0.478 e. The Morgan fingerprint density at radius 2 is 1.90 bits per heavy atom. The van der Waals surface area contributed by atoms with Gasteiger partial charge in [-0.1, -0.05) is 25.5 Å². The SMILES string of the molecule is CC(C)=CCOCC(CNC(C)C)OC(=O)/C=C/C(=O)O. The fourth-order valence-electron chi connectivity index (χ4n) is 1.27. The molecule has 0 amide bonds. The van der Waals surface area contributed by atoms with Gasteiger partial charge < -0.3 is 19.9 Å². The highest BCUT2D eigenvalue weighted by atomic mass is 16.6. The van der Waals surface area contributed by atoms with E-state index in [9.17, 15) is 9.59 Å². The highest BCUT2D eigenvalue weighted by Crippen LogP contribution is 1.97. The van der Waals surface area contributed by atoms with Crippen LogP contribution in [0.25, 0.3) is 0 Å². The fourth-order valence-corrected chi connectivity index (χ4v) is 1.27. The molecular weight excluding hydrogens is 274 g/mol. The molecule has 6 nitrogen and oxygen atoms in total. The minimum Gasteiger partial charge on any atom is -0.478 e. The van der Waals surface area contributed by atoms with Crippen molar-refractivity contribution in [2.75, 3.05) is 19.8 Å². The molecule has 6 heteroatoms. The Morgan fingerprint density at radius 3 is 2.43 bits per heavy atom. The molecule has 0 spiro atoms. The summed E-state index contributed by atoms with van der Waals surface area (Å²) in [6.45, 7) is 9.04. The summed E-state index contributed by atoms with van der Waals surface area (Å²) in [4.78, 5) is 21.8. The van der Waals surface area contributed by atoms with Gasteiger partial charge in [0.2, 0.25) is 0 Å². The van der Waals surface area contributed by atoms with Gasteiger partial charge in [0.15, 0.2) is 0 Å². The van der Waals surface area contributed by atoms with Crippen LogP contribution in [-0.4, -0.2) is 48.9 Å². The first-order chi connectivity index (χ1) is 9.81. The minimum atomic E-state index is -1.19. The maximum atomic E-state index is 11.5. The summed E-state index contributed by atoms with van der Waals surface area (Å²) >= 11 is 0. The van der Waals surface area contributed by atoms with Crippen molar-refractivity contribution in [2.24, 2.45) is 0 Å². The number of hydrogen-bond donors (Lipinski definition) is 2. The number of aliphatic carboxylic acids is 1. The van der Waals surface area contributed by atoms with Crippen LogP contribution in [0.1, 0.15) is 27.7 Å². The zero-order valence-corrected chi connectivity index (χ0v) is 13.1. The number of allylic oxidation sites excluding steroid dienone is 1. The Bertz CT molecular complexity index is 384. The average molecular weight is 299 g/mol. The van der Waals surface area contributed by atoms with Gasteiger partial charge in [-0.15, -0.1) is 0 Å². The summed E-state index contributed by atoms with van der Waals surface area (Å²) in [7, 11) is 0. The van der Waals surface area contributed by atoms with Crippen LogP contribution in [-0.2, 0) is 19.1 Å². The third-order valence-electron chi connectivity index (χ3n) is 2.31. The molecule has 0 saturated carbocycles. The molecule has 21 heavy (non-hydrogen) atoms. The number of esters is 1. The molecule has 1 unspecified atom stereocenters. The molecule has 0 aliphatic heterocycles. The standard InChI is InChI=1S/C15H25NO5/c1-11(2)7-8-20-10-13(9-16-12(3)4)21-15(19)6-5-14(17)18/h5-7,12-13,16H,8-10H2,1-4H3,(H,17,18)/b6-5+. The van der Waals surface area contributed by atoms with Gasteiger partial charge in [-0.25, -0.2) is 9.59 Å². The molecule has 2 N–H and O–H groups in total. The van der Waals surface area contributed by atoms with Crippen LogP contribution < -0.4 is 5.32 Å². The summed E-state index contributed by atoms with van der Waals surface area (Å²) in [5, 5.41) is 11.6. The molecule has 0 radical (unpaired) electrons. The van der Waals surface area contributed by atoms with E-state index >= 15 is 0 Å². The number of carboxylic acid groups (broad SMARTS) is 1. The first-order valence-electron chi connectivity index (χ1n) is 6.87. The Hall–Kier alpha value is -1.66. The van der Waals surface area contributed by atoms with Gasteiger partial charge in [0.25, 0.3) is 0 Å². The molecule has 1 atom stereocenters. The number of carbonyl (C=O) groups excluding carboxylic acids is 1. The van der Waals surface area contributed by atoms with E-state index in [0.717, 1.165) is 17.7 Å². The zero-order chi connectivity index (χ0) is 16.3. The molecule has 0 aliphatic carbocycles. The van der Waals surface area contributed by atoms with Gasteiger partial charge in [0, 0.05) is 24.7 Å². The number of carboxylic acids is 1. The molecule has 0 aromatic rings. The quantitative estimate of drug-likeness (QED) is 0.275. The third-order valence-corrected chi connectivity index (χ3v) is 2.31. The molecule has 120 valence electrons. The van der Waals surface area contributed by atoms with Crippen molar-refractivity contribution >= 4 is 11.9 Å². The molecular formula is C15H25NO5. The monoisotopic (exact) mass is 299 g/mol. The van der Waals surface area contributed by atoms with Gasteiger partial charge >= 0.3 is 11.9 Å². The molecule has 0 fully saturated rings. The first-order valence-corrected chi connectivity index (χ1v) is 6.87. The normalized spacial score (nSPS) is 12.4. The molecule has 0 bridgehead atoms. The second-order valence-electron chi connectivity index (χ2n) is 5.11. The number of carbonyl (C=O) groups is 2. The van der Waals surface area contributed by atoms with Crippen LogP contribution in [0.3, 0.4) is 0 Å². The lowest BCUT2D eigenvalue weighted by Crippen LogP contribution is -2.37. The second-order valence-corrected chi connectivity index (χ2v) is 5.11. The van der Waals surface area contributed by atoms with Crippen molar-refractivity contribution in [1.29, 1.82) is 0 Å². The number of ether oxygens (including phenoxy) is 2. The lowest BCUT2D eigenvalue weighted by Gasteiger charge is -2.19. The van der Waals surface area contributed by atoms with Crippen LogP contribution in [0.4, 0.5) is 0 Å². The van der Waals surface area contributed by atoms with Crippen LogP contribution in [0.2, 0.25) is 0 Å². The van der Waals surface area contributed by atoms with Gasteiger partial charge in [0.1, 0.15) is 6.10 Å². The third kappa shape index (κ3) is 13.1. The van der Waals surface area contributed by atoms with Crippen molar-refractivity contribution < 1.29 is 24.2 Å². The maximum absolute atomic E-state index is 11.5. The van der Waals surface area contributed by atoms with Crippen LogP contribution in [0.15, 0.2) is 23.8 Å². The molecule has 0 rings (SSSR count). The van der Waals surface area contributed by atoms with E-state index in [1.807, 2.05) is 33.8 Å². The van der Waals surface area contributed by atoms with E-state index in [2.05, 4.69) is 5.32 Å². The van der Waals surface area contributed by atoms with E-state index in [0.29, 0.717) is 13.2 Å². The smallest absolute Gasteiger partial charge is 0.331 e. The van der Waals surface area contributed by atoms with Gasteiger partial charge in [-0.05, 0) is 13.8 Å². The van der Waals surface area contributed by atoms with Crippen LogP contribution in [0.5, 0.6) is 0 Å². The first kappa shape index (κ1) is 19.3. The highest BCUT2D eigenvalue weighted by Gasteiger charge is 2.13. The summed E-state index contributed by atoms with van der Waals surface area (Å²) in [5.41, 5.74) is 1.15. The number of hydrogen-bond acceptors (Lipinski definition) is 5. The van der Waals surface area contributed by atoms with E-state index in [-0.39, 0.29) is 12.6 Å². The summed E-state index contributed by atoms with van der Waals surface area (Å²) in [6, 6.07) is 0.249. The van der Waals surface area contributed by atoms with Crippen molar-refractivity contribution in [3.05, 3.63) is 23.8 Å². The Kier molecular flexibility index (Phi) is 10.2. The van der Waals surface area contributed by atoms with Crippen LogP contribution >= 0.6 is 0 Å². The molecule has 0 aromatic heterocycles. The summed E-state index contributed by atoms with van der Waals surface area (Å²) < 4.78 is 10.6. The van der Waals surface area contributed by atoms with E-state index < -0.39 is 18.0 Å². The summed E-state index contributed by atoms with van der Waals surface area (Å²) in [5.74, 6) is -1.89. The van der Waals surface area contributed by atoms with E-state index in [1.165, 1.54) is 0 Å². The second kappa shape index (κ2) is 11.0. The lowest BCUT2D eigenvalue weighted by molar-refractivity contribution is -0.146. The van der Waals surface area contributed by atoms with Gasteiger partial charge in [0.05, 0.1) is 13.2 Å². The lowest BCUT2D eigenvalue weighted by atomic mass is 10.3. The molecule has 0 heterocycles. The summed E-state index contributed by atoms with van der Waals surface area (Å²) in [6.07, 6.45) is 3.10. The van der Waals surface area contributed by atoms with Gasteiger partial charge in [-0.2, -0.15) is 0 Å². The minimum absolute atomic E-state index is 0.246. The maximum Gasteiger partial charge on any atom is 0.331 e. The van der Waals surface area contributed by atoms with Gasteiger partial charge in [-0.3, -0.25) is 0 Å². The van der Waals surface area contributed by atoms with Crippen molar-refractivity contribution in [2.45, 2.75) is 39.8 Å². The van der Waals surface area contributed by atoms with Crippen LogP contribution in [0, 0.1) is 0 Å². The predicted octanol–water partition coefficient (Wildman–Crippen LogP) is 1.52. The Morgan fingerprint density at radius 1 is 1.24 bits per heavy atom. The topological polar surface area (TPSA) is 84.9 Å². The van der Waals surface area contributed by atoms with Crippen molar-refractivity contribution in [3.63, 3.8) is 0 Å². The molecule has 0 aromatic carbocycles. The van der Waals surface area contributed by atoms with Crippen molar-refractivity contribution in [3.8, 4) is 0 Å².